The molecule has 0 spiro atoms. The number of rotatable bonds is 5. The number of fused-ring (bicyclic) bond motifs is 1. The number of aryl methyl sites for hydroxylation is 3. The molecule has 31 heavy (non-hydrogen) atoms. The van der Waals surface area contributed by atoms with Gasteiger partial charge in [-0.15, -0.1) is 0 Å². The third kappa shape index (κ3) is 4.16. The van der Waals surface area contributed by atoms with E-state index in [1.165, 1.54) is 28.7 Å². The van der Waals surface area contributed by atoms with Gasteiger partial charge in [-0.1, -0.05) is 48.9 Å². The number of hydrogen-bond acceptors (Lipinski definition) is 2. The van der Waals surface area contributed by atoms with E-state index < -0.39 is 0 Å². The van der Waals surface area contributed by atoms with Crippen LogP contribution in [0.4, 0.5) is 0 Å². The van der Waals surface area contributed by atoms with Crippen molar-refractivity contribution in [3.63, 3.8) is 0 Å². The quantitative estimate of drug-likeness (QED) is 0.616. The van der Waals surface area contributed by atoms with E-state index >= 15 is 0 Å². The van der Waals surface area contributed by atoms with Crippen LogP contribution in [0.5, 0.6) is 0 Å². The minimum Gasteiger partial charge on any atom is -0.356 e. The monoisotopic (exact) mass is 413 g/mol. The minimum absolute atomic E-state index is 0.257. The van der Waals surface area contributed by atoms with Gasteiger partial charge in [-0.2, -0.15) is 0 Å². The number of benzene rings is 2. The van der Waals surface area contributed by atoms with Gasteiger partial charge in [0, 0.05) is 37.2 Å². The Morgan fingerprint density at radius 3 is 2.45 bits per heavy atom. The van der Waals surface area contributed by atoms with Gasteiger partial charge < -0.3 is 9.88 Å². The summed E-state index contributed by atoms with van der Waals surface area (Å²) in [5.74, 6) is 2.18. The van der Waals surface area contributed by atoms with Gasteiger partial charge in [-0.3, -0.25) is 4.79 Å². The van der Waals surface area contributed by atoms with E-state index in [2.05, 4.69) is 72.4 Å². The molecule has 0 bridgehead atoms. The fraction of sp³-hybridized carbons (Fsp3) is 0.407. The van der Waals surface area contributed by atoms with Crippen molar-refractivity contribution in [3.05, 3.63) is 65.6 Å². The Hall–Kier alpha value is -2.88. The van der Waals surface area contributed by atoms with Crippen LogP contribution in [-0.2, 0) is 17.8 Å². The maximum atomic E-state index is 12.1. The van der Waals surface area contributed by atoms with Crippen LogP contribution in [0.15, 0.2) is 48.7 Å². The molecule has 160 valence electrons. The topological polar surface area (TPSA) is 46.9 Å². The summed E-state index contributed by atoms with van der Waals surface area (Å²) in [6.07, 6.45) is 7.58. The Morgan fingerprint density at radius 1 is 1.00 bits per heavy atom. The molecule has 2 heterocycles. The largest absolute Gasteiger partial charge is 0.356 e. The smallest absolute Gasteiger partial charge is 0.223 e. The lowest BCUT2D eigenvalue weighted by Crippen LogP contribution is -2.39. The average molecular weight is 414 g/mol. The molecule has 1 atom stereocenters. The van der Waals surface area contributed by atoms with Gasteiger partial charge in [0.15, 0.2) is 0 Å². The first kappa shape index (κ1) is 20.0. The van der Waals surface area contributed by atoms with Crippen molar-refractivity contribution >= 4 is 5.91 Å². The highest BCUT2D eigenvalue weighted by Gasteiger charge is 2.26. The number of imidazole rings is 1. The highest BCUT2D eigenvalue weighted by molar-refractivity contribution is 5.79. The van der Waals surface area contributed by atoms with Crippen LogP contribution < -0.4 is 5.32 Å². The summed E-state index contributed by atoms with van der Waals surface area (Å²) >= 11 is 0. The molecule has 5 rings (SSSR count). The van der Waals surface area contributed by atoms with E-state index in [1.807, 2.05) is 0 Å². The molecule has 4 heteroatoms. The maximum Gasteiger partial charge on any atom is 0.223 e. The lowest BCUT2D eigenvalue weighted by atomic mass is 9.84. The van der Waals surface area contributed by atoms with Gasteiger partial charge in [0.2, 0.25) is 5.91 Å². The van der Waals surface area contributed by atoms with E-state index in [0.717, 1.165) is 55.9 Å². The third-order valence-electron chi connectivity index (χ3n) is 7.15. The van der Waals surface area contributed by atoms with Crippen molar-refractivity contribution in [2.45, 2.75) is 52.5 Å². The van der Waals surface area contributed by atoms with Crippen molar-refractivity contribution in [1.29, 1.82) is 0 Å². The summed E-state index contributed by atoms with van der Waals surface area (Å²) < 4.78 is 2.29. The van der Waals surface area contributed by atoms with Gasteiger partial charge in [-0.25, -0.2) is 4.98 Å². The van der Waals surface area contributed by atoms with E-state index in [4.69, 9.17) is 4.98 Å². The van der Waals surface area contributed by atoms with Crippen LogP contribution >= 0.6 is 0 Å². The SMILES string of the molecule is Cc1ccc(-c2ccc(-c3cn4c(n3)CCC(CNC(=O)C3CCC3)C4)cc2)cc1C. The molecule has 1 unspecified atom stereocenters. The van der Waals surface area contributed by atoms with Crippen LogP contribution in [0.25, 0.3) is 22.4 Å². The molecule has 1 aromatic heterocycles. The zero-order valence-corrected chi connectivity index (χ0v) is 18.5. The molecule has 3 aromatic rings. The molecular formula is C27H31N3O. The Labute approximate surface area is 184 Å². The minimum atomic E-state index is 0.257. The Bertz CT molecular complexity index is 1090. The van der Waals surface area contributed by atoms with Crippen molar-refractivity contribution < 1.29 is 4.79 Å². The van der Waals surface area contributed by atoms with Gasteiger partial charge in [0.25, 0.3) is 0 Å². The molecule has 1 aliphatic heterocycles. The van der Waals surface area contributed by atoms with Crippen LogP contribution in [0.2, 0.25) is 0 Å². The first-order valence-electron chi connectivity index (χ1n) is 11.6. The van der Waals surface area contributed by atoms with Gasteiger partial charge in [0.05, 0.1) is 5.69 Å². The normalized spacial score (nSPS) is 18.3. The Morgan fingerprint density at radius 2 is 1.74 bits per heavy atom. The van der Waals surface area contributed by atoms with Crippen molar-refractivity contribution in [3.8, 4) is 22.4 Å². The third-order valence-corrected chi connectivity index (χ3v) is 7.15. The predicted octanol–water partition coefficient (Wildman–Crippen LogP) is 5.31. The second-order valence-electron chi connectivity index (χ2n) is 9.35. The highest BCUT2D eigenvalue weighted by atomic mass is 16.1. The molecule has 1 fully saturated rings. The zero-order valence-electron chi connectivity index (χ0n) is 18.5. The molecule has 0 radical (unpaired) electrons. The van der Waals surface area contributed by atoms with Gasteiger partial charge in [0.1, 0.15) is 5.82 Å². The number of carbonyl (C=O) groups excluding carboxylic acids is 1. The fourth-order valence-corrected chi connectivity index (χ4v) is 4.63. The lowest BCUT2D eigenvalue weighted by Gasteiger charge is -2.27. The van der Waals surface area contributed by atoms with Gasteiger partial charge in [-0.05, 0) is 61.3 Å². The van der Waals surface area contributed by atoms with Crippen molar-refractivity contribution in [1.82, 2.24) is 14.9 Å². The van der Waals surface area contributed by atoms with E-state index in [9.17, 15) is 4.79 Å². The second kappa shape index (κ2) is 8.33. The summed E-state index contributed by atoms with van der Waals surface area (Å²) in [7, 11) is 0. The first-order valence-corrected chi connectivity index (χ1v) is 11.6. The molecular weight excluding hydrogens is 382 g/mol. The summed E-state index contributed by atoms with van der Waals surface area (Å²) in [6, 6.07) is 15.4. The summed E-state index contributed by atoms with van der Waals surface area (Å²) in [5.41, 5.74) is 7.33. The Kier molecular flexibility index (Phi) is 5.39. The molecule has 1 saturated carbocycles. The molecule has 1 N–H and O–H groups in total. The molecule has 1 aliphatic carbocycles. The summed E-state index contributed by atoms with van der Waals surface area (Å²) in [5, 5.41) is 3.18. The number of amides is 1. The molecule has 0 saturated heterocycles. The number of hydrogen-bond donors (Lipinski definition) is 1. The number of carbonyl (C=O) groups is 1. The van der Waals surface area contributed by atoms with Gasteiger partial charge >= 0.3 is 0 Å². The average Bonchev–Trinajstić information content (AvgIpc) is 3.16. The van der Waals surface area contributed by atoms with Crippen LogP contribution in [-0.4, -0.2) is 22.0 Å². The van der Waals surface area contributed by atoms with Crippen molar-refractivity contribution in [2.75, 3.05) is 6.54 Å². The van der Waals surface area contributed by atoms with E-state index in [-0.39, 0.29) is 11.8 Å². The second-order valence-corrected chi connectivity index (χ2v) is 9.35. The van der Waals surface area contributed by atoms with Crippen molar-refractivity contribution in [2.24, 2.45) is 11.8 Å². The standard InChI is InChI=1S/C27H31N3O/c1-18-6-8-24(14-19(18)2)21-9-11-22(12-10-21)25-17-30-16-20(7-13-26(30)29-25)15-28-27(31)23-4-3-5-23/h6,8-12,14,17,20,23H,3-5,7,13,15-16H2,1-2H3,(H,28,31). The van der Waals surface area contributed by atoms with E-state index in [1.54, 1.807) is 0 Å². The molecule has 2 aromatic carbocycles. The lowest BCUT2D eigenvalue weighted by molar-refractivity contribution is -0.127. The Balaban J connectivity index is 1.25. The number of aromatic nitrogens is 2. The van der Waals surface area contributed by atoms with E-state index in [0.29, 0.717) is 5.92 Å². The maximum absolute atomic E-state index is 12.1. The van der Waals surface area contributed by atoms with Crippen LogP contribution in [0.1, 0.15) is 42.6 Å². The predicted molar refractivity (Wildman–Crippen MR) is 125 cm³/mol. The summed E-state index contributed by atoms with van der Waals surface area (Å²) in [6.45, 7) is 6.03. The fourth-order valence-electron chi connectivity index (χ4n) is 4.63. The van der Waals surface area contributed by atoms with Crippen LogP contribution in [0.3, 0.4) is 0 Å². The highest BCUT2D eigenvalue weighted by Crippen LogP contribution is 2.29. The first-order chi connectivity index (χ1) is 15.1. The van der Waals surface area contributed by atoms with Crippen LogP contribution in [0, 0.1) is 25.7 Å². The molecule has 1 amide bonds. The number of nitrogens with zero attached hydrogens (tertiary/aromatic N) is 2. The molecule has 2 aliphatic rings. The number of nitrogens with one attached hydrogen (secondary N) is 1. The summed E-state index contributed by atoms with van der Waals surface area (Å²) in [4.78, 5) is 17.0. The molecule has 4 nitrogen and oxygen atoms in total. The zero-order chi connectivity index (χ0) is 21.4.